The molecule has 1 aromatic carbocycles. The zero-order valence-electron chi connectivity index (χ0n) is 12.1. The van der Waals surface area contributed by atoms with Crippen molar-refractivity contribution in [1.29, 1.82) is 0 Å². The molecule has 0 aliphatic heterocycles. The Morgan fingerprint density at radius 2 is 1.89 bits per heavy atom. The third kappa shape index (κ3) is 3.35. The van der Waals surface area contributed by atoms with Gasteiger partial charge in [-0.2, -0.15) is 0 Å². The van der Waals surface area contributed by atoms with Gasteiger partial charge in [-0.15, -0.1) is 0 Å². The van der Waals surface area contributed by atoms with E-state index in [9.17, 15) is 0 Å². The lowest BCUT2D eigenvalue weighted by Gasteiger charge is -2.28. The van der Waals surface area contributed by atoms with Crippen LogP contribution in [0.5, 0.6) is 0 Å². The molecule has 0 saturated heterocycles. The zero-order chi connectivity index (χ0) is 13.0. The Labute approximate surface area is 113 Å². The van der Waals surface area contributed by atoms with Gasteiger partial charge in [0.15, 0.2) is 0 Å². The topological polar surface area (TPSA) is 0 Å². The van der Waals surface area contributed by atoms with Gasteiger partial charge in [0.25, 0.3) is 0 Å². The van der Waals surface area contributed by atoms with Crippen molar-refractivity contribution in [2.24, 2.45) is 5.92 Å². The second kappa shape index (κ2) is 5.88. The fourth-order valence-corrected chi connectivity index (χ4v) is 5.79. The highest BCUT2D eigenvalue weighted by Crippen LogP contribution is 2.30. The van der Waals surface area contributed by atoms with Crippen LogP contribution in [0.15, 0.2) is 42.0 Å². The Morgan fingerprint density at radius 1 is 1.17 bits per heavy atom. The average molecular weight is 258 g/mol. The van der Waals surface area contributed by atoms with Gasteiger partial charge < -0.3 is 0 Å². The standard InChI is InChI=1S/C17H26Si/c1-4-15-10-12-16(13-11-15)14-18(2,3)17-8-6-5-7-9-17/h5-9,12,15H,4,10-11,13-14H2,1-3H3. The zero-order valence-corrected chi connectivity index (χ0v) is 13.1. The summed E-state index contributed by atoms with van der Waals surface area (Å²) in [5.41, 5.74) is 1.74. The van der Waals surface area contributed by atoms with Gasteiger partial charge in [-0.05, 0) is 31.2 Å². The van der Waals surface area contributed by atoms with Crippen LogP contribution in [0.2, 0.25) is 19.1 Å². The quantitative estimate of drug-likeness (QED) is 0.540. The molecule has 2 rings (SSSR count). The van der Waals surface area contributed by atoms with E-state index in [0.29, 0.717) is 0 Å². The summed E-state index contributed by atoms with van der Waals surface area (Å²) in [5.74, 6) is 0.954. The van der Waals surface area contributed by atoms with Crippen molar-refractivity contribution < 1.29 is 0 Å². The van der Waals surface area contributed by atoms with Crippen molar-refractivity contribution in [3.8, 4) is 0 Å². The maximum atomic E-state index is 2.55. The SMILES string of the molecule is CCC1CC=C(C[Si](C)(C)c2ccccc2)CC1. The Bertz CT molecular complexity index is 403. The van der Waals surface area contributed by atoms with Crippen molar-refractivity contribution in [3.05, 3.63) is 42.0 Å². The van der Waals surface area contributed by atoms with Crippen LogP contribution < -0.4 is 5.19 Å². The maximum absolute atomic E-state index is 2.55. The smallest absolute Gasteiger partial charge is 0.0845 e. The summed E-state index contributed by atoms with van der Waals surface area (Å²) >= 11 is 0. The number of hydrogen-bond acceptors (Lipinski definition) is 0. The molecule has 0 N–H and O–H groups in total. The Hall–Kier alpha value is -0.823. The molecule has 1 aliphatic carbocycles. The molecule has 0 amide bonds. The Balaban J connectivity index is 2.03. The molecular weight excluding hydrogens is 232 g/mol. The first kappa shape index (κ1) is 13.6. The lowest BCUT2D eigenvalue weighted by Crippen LogP contribution is -2.41. The van der Waals surface area contributed by atoms with Gasteiger partial charge in [0.1, 0.15) is 0 Å². The van der Waals surface area contributed by atoms with Crippen LogP contribution in [0, 0.1) is 5.92 Å². The molecule has 1 aromatic rings. The van der Waals surface area contributed by atoms with Gasteiger partial charge in [-0.3, -0.25) is 0 Å². The minimum absolute atomic E-state index is 0.954. The van der Waals surface area contributed by atoms with Gasteiger partial charge in [-0.25, -0.2) is 0 Å². The molecule has 0 heterocycles. The molecule has 0 fully saturated rings. The largest absolute Gasteiger partial charge is 0.0853 e. The minimum Gasteiger partial charge on any atom is -0.0853 e. The highest BCUT2D eigenvalue weighted by molar-refractivity contribution is 6.90. The predicted molar refractivity (Wildman–Crippen MR) is 84.1 cm³/mol. The Kier molecular flexibility index (Phi) is 4.44. The fraction of sp³-hybridized carbons (Fsp3) is 0.529. The lowest BCUT2D eigenvalue weighted by molar-refractivity contribution is 0.455. The van der Waals surface area contributed by atoms with E-state index in [1.54, 1.807) is 10.8 Å². The Morgan fingerprint density at radius 3 is 2.44 bits per heavy atom. The molecular formula is C17H26Si. The normalized spacial score (nSPS) is 20.6. The van der Waals surface area contributed by atoms with Crippen LogP contribution in [0.3, 0.4) is 0 Å². The first-order valence-corrected chi connectivity index (χ1v) is 10.6. The molecule has 0 radical (unpaired) electrons. The molecule has 0 aromatic heterocycles. The average Bonchev–Trinajstić information content (AvgIpc) is 2.40. The van der Waals surface area contributed by atoms with Gasteiger partial charge in [0.2, 0.25) is 0 Å². The fourth-order valence-electron chi connectivity index (χ4n) is 3.03. The van der Waals surface area contributed by atoms with Crippen LogP contribution in [0.1, 0.15) is 32.6 Å². The summed E-state index contributed by atoms with van der Waals surface area (Å²) in [6.45, 7) is 7.34. The number of rotatable bonds is 4. The minimum atomic E-state index is -1.27. The van der Waals surface area contributed by atoms with Gasteiger partial charge in [0.05, 0.1) is 8.07 Å². The molecule has 0 bridgehead atoms. The van der Waals surface area contributed by atoms with Crippen LogP contribution in [0.25, 0.3) is 0 Å². The second-order valence-electron chi connectivity index (χ2n) is 6.34. The number of allylic oxidation sites excluding steroid dienone is 2. The van der Waals surface area contributed by atoms with Gasteiger partial charge in [-0.1, -0.05) is 73.6 Å². The molecule has 1 atom stereocenters. The molecule has 0 nitrogen and oxygen atoms in total. The van der Waals surface area contributed by atoms with Crippen molar-refractivity contribution in [2.45, 2.75) is 51.7 Å². The molecule has 1 heteroatoms. The second-order valence-corrected chi connectivity index (χ2v) is 11.0. The third-order valence-electron chi connectivity index (χ3n) is 4.42. The van der Waals surface area contributed by atoms with Crippen molar-refractivity contribution in [3.63, 3.8) is 0 Å². The summed E-state index contributed by atoms with van der Waals surface area (Å²) in [6.07, 6.45) is 7.99. The van der Waals surface area contributed by atoms with Crippen LogP contribution >= 0.6 is 0 Å². The van der Waals surface area contributed by atoms with Crippen molar-refractivity contribution in [1.82, 2.24) is 0 Å². The van der Waals surface area contributed by atoms with E-state index in [2.05, 4.69) is 56.4 Å². The van der Waals surface area contributed by atoms with Crippen LogP contribution in [-0.2, 0) is 0 Å². The van der Waals surface area contributed by atoms with Crippen LogP contribution in [0.4, 0.5) is 0 Å². The maximum Gasteiger partial charge on any atom is 0.0845 e. The van der Waals surface area contributed by atoms with E-state index in [-0.39, 0.29) is 0 Å². The summed E-state index contributed by atoms with van der Waals surface area (Å²) in [5, 5.41) is 1.60. The van der Waals surface area contributed by atoms with E-state index in [4.69, 9.17) is 0 Å². The highest BCUT2D eigenvalue weighted by Gasteiger charge is 2.25. The van der Waals surface area contributed by atoms with Gasteiger partial charge in [0, 0.05) is 0 Å². The predicted octanol–water partition coefficient (Wildman–Crippen LogP) is 4.74. The van der Waals surface area contributed by atoms with Gasteiger partial charge >= 0.3 is 0 Å². The molecule has 0 spiro atoms. The summed E-state index contributed by atoms with van der Waals surface area (Å²) in [6, 6.07) is 12.5. The van der Waals surface area contributed by atoms with E-state index in [1.165, 1.54) is 31.7 Å². The lowest BCUT2D eigenvalue weighted by atomic mass is 9.88. The van der Waals surface area contributed by atoms with Crippen molar-refractivity contribution in [2.75, 3.05) is 0 Å². The van der Waals surface area contributed by atoms with E-state index >= 15 is 0 Å². The summed E-state index contributed by atoms with van der Waals surface area (Å²) < 4.78 is 0. The third-order valence-corrected chi connectivity index (χ3v) is 7.65. The summed E-state index contributed by atoms with van der Waals surface area (Å²) in [4.78, 5) is 0. The van der Waals surface area contributed by atoms with E-state index in [1.807, 2.05) is 0 Å². The molecule has 0 saturated carbocycles. The molecule has 98 valence electrons. The van der Waals surface area contributed by atoms with Crippen molar-refractivity contribution >= 4 is 13.3 Å². The number of benzene rings is 1. The number of hydrogen-bond donors (Lipinski definition) is 0. The summed E-state index contributed by atoms with van der Waals surface area (Å²) in [7, 11) is -1.27. The van der Waals surface area contributed by atoms with Crippen LogP contribution in [-0.4, -0.2) is 8.07 Å². The highest BCUT2D eigenvalue weighted by atomic mass is 28.3. The molecule has 1 unspecified atom stereocenters. The molecule has 18 heavy (non-hydrogen) atoms. The first-order chi connectivity index (χ1) is 8.62. The van der Waals surface area contributed by atoms with E-state index < -0.39 is 8.07 Å². The monoisotopic (exact) mass is 258 g/mol. The first-order valence-electron chi connectivity index (χ1n) is 7.35. The molecule has 1 aliphatic rings. The van der Waals surface area contributed by atoms with E-state index in [0.717, 1.165) is 5.92 Å².